The van der Waals surface area contributed by atoms with Gasteiger partial charge in [0.2, 0.25) is 0 Å². The summed E-state index contributed by atoms with van der Waals surface area (Å²) in [5.41, 5.74) is 8.90. The second-order valence-electron chi connectivity index (χ2n) is 7.36. The first-order chi connectivity index (χ1) is 16.6. The lowest BCUT2D eigenvalue weighted by atomic mass is 10.1. The third-order valence-corrected chi connectivity index (χ3v) is 6.09. The Bertz CT molecular complexity index is 1350. The van der Waals surface area contributed by atoms with E-state index < -0.39 is 0 Å². The molecule has 0 aliphatic rings. The molecule has 0 radical (unpaired) electrons. The SMILES string of the molecule is N#Cc1ccc(COc2cccc(OCc3csc4c(C(=O)NCCO)cnc(N)c34)c2)cc1. The Morgan fingerprint density at radius 3 is 2.59 bits per heavy atom. The number of ether oxygens (including phenoxy) is 2. The van der Waals surface area contributed by atoms with Gasteiger partial charge in [0, 0.05) is 29.8 Å². The molecule has 172 valence electrons. The smallest absolute Gasteiger partial charge is 0.254 e. The van der Waals surface area contributed by atoms with E-state index in [0.29, 0.717) is 40.4 Å². The van der Waals surface area contributed by atoms with E-state index in [0.717, 1.165) is 15.8 Å². The molecule has 2 aromatic heterocycles. The number of hydrogen-bond donors (Lipinski definition) is 3. The highest BCUT2D eigenvalue weighted by atomic mass is 32.1. The summed E-state index contributed by atoms with van der Waals surface area (Å²) >= 11 is 1.39. The van der Waals surface area contributed by atoms with Gasteiger partial charge in [-0.05, 0) is 35.2 Å². The number of nitrogen functional groups attached to an aromatic ring is 1. The molecule has 0 aliphatic carbocycles. The number of aliphatic hydroxyl groups is 1. The fourth-order valence-electron chi connectivity index (χ4n) is 3.32. The molecule has 34 heavy (non-hydrogen) atoms. The van der Waals surface area contributed by atoms with E-state index in [1.54, 1.807) is 18.2 Å². The standard InChI is InChI=1S/C25H22N4O4S/c26-11-16-4-6-17(7-5-16)13-32-19-2-1-3-20(10-19)33-14-18-15-34-23-21(25(31)28-8-9-30)12-29-24(27)22(18)23/h1-7,10,12,15,30H,8-9,13-14H2,(H2,27,29)(H,28,31). The van der Waals surface area contributed by atoms with Gasteiger partial charge in [-0.2, -0.15) is 5.26 Å². The first kappa shape index (κ1) is 23.0. The summed E-state index contributed by atoms with van der Waals surface area (Å²) in [5, 5.41) is 23.1. The van der Waals surface area contributed by atoms with Crippen LogP contribution in [0.25, 0.3) is 10.1 Å². The molecule has 0 aliphatic heterocycles. The van der Waals surface area contributed by atoms with Crippen molar-refractivity contribution in [2.75, 3.05) is 18.9 Å². The number of thiophene rings is 1. The predicted octanol–water partition coefficient (Wildman–Crippen LogP) is 3.63. The number of carbonyl (C=O) groups excluding carboxylic acids is 1. The lowest BCUT2D eigenvalue weighted by molar-refractivity contribution is 0.0946. The lowest BCUT2D eigenvalue weighted by Gasteiger charge is -2.10. The van der Waals surface area contributed by atoms with E-state index in [1.807, 2.05) is 35.7 Å². The highest BCUT2D eigenvalue weighted by Crippen LogP contribution is 2.33. The van der Waals surface area contributed by atoms with E-state index in [4.69, 9.17) is 25.6 Å². The number of rotatable bonds is 9. The minimum Gasteiger partial charge on any atom is -0.489 e. The first-order valence-electron chi connectivity index (χ1n) is 10.5. The van der Waals surface area contributed by atoms with Crippen LogP contribution in [-0.2, 0) is 13.2 Å². The number of aromatic nitrogens is 1. The van der Waals surface area contributed by atoms with Gasteiger partial charge in [-0.1, -0.05) is 18.2 Å². The van der Waals surface area contributed by atoms with Crippen LogP contribution in [0.1, 0.15) is 27.0 Å². The highest BCUT2D eigenvalue weighted by molar-refractivity contribution is 7.17. The summed E-state index contributed by atoms with van der Waals surface area (Å²) in [6.07, 6.45) is 1.44. The van der Waals surface area contributed by atoms with Crippen LogP contribution in [0, 0.1) is 11.3 Å². The van der Waals surface area contributed by atoms with Crippen LogP contribution in [0.4, 0.5) is 5.82 Å². The van der Waals surface area contributed by atoms with Gasteiger partial charge in [0.15, 0.2) is 0 Å². The second-order valence-corrected chi connectivity index (χ2v) is 8.24. The summed E-state index contributed by atoms with van der Waals surface area (Å²) in [7, 11) is 0. The zero-order valence-corrected chi connectivity index (χ0v) is 19.0. The number of pyridine rings is 1. The van der Waals surface area contributed by atoms with Crippen molar-refractivity contribution in [1.29, 1.82) is 5.26 Å². The van der Waals surface area contributed by atoms with E-state index in [1.165, 1.54) is 17.5 Å². The van der Waals surface area contributed by atoms with Crippen LogP contribution < -0.4 is 20.5 Å². The molecular weight excluding hydrogens is 452 g/mol. The number of hydrogen-bond acceptors (Lipinski definition) is 8. The summed E-state index contributed by atoms with van der Waals surface area (Å²) in [4.78, 5) is 16.6. The second kappa shape index (κ2) is 10.7. The maximum absolute atomic E-state index is 12.4. The third kappa shape index (κ3) is 5.26. The molecule has 9 heteroatoms. The van der Waals surface area contributed by atoms with Crippen molar-refractivity contribution >= 4 is 33.1 Å². The van der Waals surface area contributed by atoms with Gasteiger partial charge in [-0.25, -0.2) is 4.98 Å². The number of nitriles is 1. The van der Waals surface area contributed by atoms with Crippen molar-refractivity contribution in [2.45, 2.75) is 13.2 Å². The zero-order chi connectivity index (χ0) is 23.9. The molecule has 0 saturated carbocycles. The minimum atomic E-state index is -0.312. The fourth-order valence-corrected chi connectivity index (χ4v) is 4.39. The van der Waals surface area contributed by atoms with Gasteiger partial charge in [0.05, 0.1) is 28.5 Å². The molecule has 0 spiro atoms. The molecule has 0 saturated heterocycles. The number of nitrogens with two attached hydrogens (primary N) is 1. The Morgan fingerprint density at radius 2 is 1.88 bits per heavy atom. The van der Waals surface area contributed by atoms with Crippen molar-refractivity contribution in [2.24, 2.45) is 0 Å². The number of fused-ring (bicyclic) bond motifs is 1. The average Bonchev–Trinajstić information content (AvgIpc) is 3.30. The topological polar surface area (TPSA) is 130 Å². The van der Waals surface area contributed by atoms with Crippen molar-refractivity contribution in [3.05, 3.63) is 82.4 Å². The predicted molar refractivity (Wildman–Crippen MR) is 130 cm³/mol. The molecule has 4 rings (SSSR count). The lowest BCUT2D eigenvalue weighted by Crippen LogP contribution is -2.26. The zero-order valence-electron chi connectivity index (χ0n) is 18.2. The Balaban J connectivity index is 1.44. The van der Waals surface area contributed by atoms with Crippen molar-refractivity contribution in [3.63, 3.8) is 0 Å². The summed E-state index contributed by atoms with van der Waals surface area (Å²) in [6, 6.07) is 16.6. The Morgan fingerprint density at radius 1 is 1.15 bits per heavy atom. The van der Waals surface area contributed by atoms with Crippen molar-refractivity contribution in [1.82, 2.24) is 10.3 Å². The van der Waals surface area contributed by atoms with Crippen LogP contribution in [0.15, 0.2) is 60.1 Å². The number of anilines is 1. The number of nitrogens with one attached hydrogen (secondary N) is 1. The maximum atomic E-state index is 12.4. The maximum Gasteiger partial charge on any atom is 0.254 e. The summed E-state index contributed by atoms with van der Waals surface area (Å²) in [5.74, 6) is 1.29. The molecule has 4 aromatic rings. The molecular formula is C25H22N4O4S. The summed E-state index contributed by atoms with van der Waals surface area (Å²) in [6.45, 7) is 0.632. The van der Waals surface area contributed by atoms with E-state index in [2.05, 4.69) is 16.4 Å². The Kier molecular flexibility index (Phi) is 7.22. The third-order valence-electron chi connectivity index (χ3n) is 5.03. The van der Waals surface area contributed by atoms with Gasteiger partial charge >= 0.3 is 0 Å². The largest absolute Gasteiger partial charge is 0.489 e. The van der Waals surface area contributed by atoms with E-state index >= 15 is 0 Å². The number of aliphatic hydroxyl groups excluding tert-OH is 1. The van der Waals surface area contributed by atoms with Gasteiger partial charge in [-0.3, -0.25) is 4.79 Å². The molecule has 0 atom stereocenters. The first-order valence-corrected chi connectivity index (χ1v) is 11.4. The van der Waals surface area contributed by atoms with Crippen LogP contribution in [0.3, 0.4) is 0 Å². The molecule has 1 amide bonds. The van der Waals surface area contributed by atoms with Gasteiger partial charge in [0.25, 0.3) is 5.91 Å². The number of nitrogens with zero attached hydrogens (tertiary/aromatic N) is 2. The number of benzene rings is 2. The van der Waals surface area contributed by atoms with E-state index in [-0.39, 0.29) is 25.7 Å². The molecule has 0 fully saturated rings. The molecule has 2 heterocycles. The van der Waals surface area contributed by atoms with Gasteiger partial charge in [-0.15, -0.1) is 11.3 Å². The van der Waals surface area contributed by atoms with Gasteiger partial charge in [0.1, 0.15) is 30.5 Å². The molecule has 4 N–H and O–H groups in total. The normalized spacial score (nSPS) is 10.6. The van der Waals surface area contributed by atoms with Crippen molar-refractivity contribution in [3.8, 4) is 17.6 Å². The van der Waals surface area contributed by atoms with Crippen LogP contribution in [0.5, 0.6) is 11.5 Å². The van der Waals surface area contributed by atoms with E-state index in [9.17, 15) is 4.79 Å². The minimum absolute atomic E-state index is 0.142. The quantitative estimate of drug-likeness (QED) is 0.338. The average molecular weight is 475 g/mol. The molecule has 8 nitrogen and oxygen atoms in total. The highest BCUT2D eigenvalue weighted by Gasteiger charge is 2.17. The Hall–Kier alpha value is -4.13. The van der Waals surface area contributed by atoms with Crippen LogP contribution >= 0.6 is 11.3 Å². The molecule has 2 aromatic carbocycles. The monoisotopic (exact) mass is 474 g/mol. The molecule has 0 unspecified atom stereocenters. The van der Waals surface area contributed by atoms with Crippen LogP contribution in [0.2, 0.25) is 0 Å². The van der Waals surface area contributed by atoms with Crippen LogP contribution in [-0.4, -0.2) is 29.1 Å². The van der Waals surface area contributed by atoms with Gasteiger partial charge < -0.3 is 25.6 Å². The summed E-state index contributed by atoms with van der Waals surface area (Å²) < 4.78 is 12.6. The number of carbonyl (C=O) groups is 1. The fraction of sp³-hybridized carbons (Fsp3) is 0.160. The Labute approximate surface area is 200 Å². The molecule has 0 bridgehead atoms. The number of amides is 1. The van der Waals surface area contributed by atoms with Crippen molar-refractivity contribution < 1.29 is 19.4 Å².